The van der Waals surface area contributed by atoms with Crippen molar-refractivity contribution in [2.24, 2.45) is 0 Å². The third-order valence-electron chi connectivity index (χ3n) is 2.72. The second-order valence-electron chi connectivity index (χ2n) is 4.02. The molecule has 18 heavy (non-hydrogen) atoms. The number of imidazole rings is 1. The van der Waals surface area contributed by atoms with Gasteiger partial charge < -0.3 is 14.3 Å². The molecular formula is C12H14F2N2OS. The minimum absolute atomic E-state index is 0.222. The fourth-order valence-electron chi connectivity index (χ4n) is 1.87. The number of aromatic amines is 1. The fourth-order valence-corrected chi connectivity index (χ4v) is 2.17. The van der Waals surface area contributed by atoms with Gasteiger partial charge in [0, 0.05) is 6.54 Å². The molecule has 98 valence electrons. The highest BCUT2D eigenvalue weighted by molar-refractivity contribution is 7.71. The summed E-state index contributed by atoms with van der Waals surface area (Å²) in [4.78, 5) is 3.12. The quantitative estimate of drug-likeness (QED) is 0.668. The van der Waals surface area contributed by atoms with Crippen LogP contribution in [0.4, 0.5) is 8.78 Å². The molecule has 0 saturated carbocycles. The molecule has 0 bridgehead atoms. The van der Waals surface area contributed by atoms with Crippen LogP contribution in [0.3, 0.4) is 0 Å². The Kier molecular flexibility index (Phi) is 4.08. The Bertz CT molecular complexity index is 591. The normalized spacial score (nSPS) is 11.6. The molecule has 1 aromatic heterocycles. The molecule has 0 spiro atoms. The summed E-state index contributed by atoms with van der Waals surface area (Å²) in [7, 11) is 0. The molecule has 0 atom stereocenters. The molecule has 0 amide bonds. The molecule has 0 aliphatic heterocycles. The van der Waals surface area contributed by atoms with Crippen molar-refractivity contribution < 1.29 is 13.5 Å². The van der Waals surface area contributed by atoms with E-state index in [-0.39, 0.29) is 6.61 Å². The Balaban J connectivity index is 2.16. The smallest absolute Gasteiger partial charge is 0.261 e. The number of ether oxygens (including phenoxy) is 1. The van der Waals surface area contributed by atoms with E-state index in [1.54, 1.807) is 0 Å². The number of aromatic nitrogens is 2. The van der Waals surface area contributed by atoms with E-state index in [0.29, 0.717) is 11.3 Å². The number of fused-ring (bicyclic) bond motifs is 1. The maximum Gasteiger partial charge on any atom is 0.261 e. The Morgan fingerprint density at radius 2 is 2.22 bits per heavy atom. The fraction of sp³-hybridized carbons (Fsp3) is 0.417. The van der Waals surface area contributed by atoms with Crippen LogP contribution in [0.1, 0.15) is 5.56 Å². The van der Waals surface area contributed by atoms with Gasteiger partial charge in [-0.2, -0.15) is 0 Å². The molecule has 3 nitrogen and oxygen atoms in total. The average molecular weight is 272 g/mol. The zero-order valence-electron chi connectivity index (χ0n) is 9.95. The summed E-state index contributed by atoms with van der Waals surface area (Å²) in [6.07, 6.45) is -2.43. The molecule has 1 heterocycles. The summed E-state index contributed by atoms with van der Waals surface area (Å²) in [5.74, 6) is 0. The average Bonchev–Trinajstić information content (AvgIpc) is 2.63. The minimum Gasteiger partial charge on any atom is -0.374 e. The number of H-pyrrole nitrogens is 1. The number of benzene rings is 1. The summed E-state index contributed by atoms with van der Waals surface area (Å²) in [5.41, 5.74) is 3.06. The SMILES string of the molecule is Cc1cccc2c1[nH]c(=S)n2CCOCC(F)F. The standard InChI is InChI=1S/C12H14F2N2OS/c1-8-3-2-4-9-11(8)15-12(18)16(9)5-6-17-7-10(13)14/h2-4,10H,5-7H2,1H3,(H,15,18). The Labute approximate surface area is 108 Å². The molecule has 2 aromatic rings. The first-order valence-corrected chi connectivity index (χ1v) is 6.04. The lowest BCUT2D eigenvalue weighted by Crippen LogP contribution is -2.10. The first kappa shape index (κ1) is 13.2. The zero-order valence-corrected chi connectivity index (χ0v) is 10.8. The molecule has 0 aliphatic rings. The summed E-state index contributed by atoms with van der Waals surface area (Å²) in [6.45, 7) is 2.15. The van der Waals surface area contributed by atoms with Crippen LogP contribution in [-0.4, -0.2) is 29.2 Å². The van der Waals surface area contributed by atoms with Gasteiger partial charge in [0.15, 0.2) is 4.77 Å². The molecule has 1 aromatic carbocycles. The van der Waals surface area contributed by atoms with Crippen molar-refractivity contribution in [2.45, 2.75) is 19.9 Å². The van der Waals surface area contributed by atoms with E-state index in [4.69, 9.17) is 17.0 Å². The number of hydrogen-bond acceptors (Lipinski definition) is 2. The summed E-state index contributed by atoms with van der Waals surface area (Å²) < 4.78 is 31.2. The molecular weight excluding hydrogens is 258 g/mol. The van der Waals surface area contributed by atoms with Gasteiger partial charge in [0.1, 0.15) is 6.61 Å². The van der Waals surface area contributed by atoms with Gasteiger partial charge in [0.2, 0.25) is 0 Å². The van der Waals surface area contributed by atoms with Gasteiger partial charge >= 0.3 is 0 Å². The van der Waals surface area contributed by atoms with Crippen LogP contribution in [0.25, 0.3) is 11.0 Å². The van der Waals surface area contributed by atoms with E-state index >= 15 is 0 Å². The van der Waals surface area contributed by atoms with Crippen molar-refractivity contribution in [1.29, 1.82) is 0 Å². The van der Waals surface area contributed by atoms with E-state index in [2.05, 4.69) is 4.98 Å². The lowest BCUT2D eigenvalue weighted by Gasteiger charge is -2.06. The Hall–Kier alpha value is -1.27. The Morgan fingerprint density at radius 1 is 1.44 bits per heavy atom. The third-order valence-corrected chi connectivity index (χ3v) is 3.04. The second-order valence-corrected chi connectivity index (χ2v) is 4.40. The zero-order chi connectivity index (χ0) is 13.1. The molecule has 1 N–H and O–H groups in total. The van der Waals surface area contributed by atoms with Gasteiger partial charge in [-0.25, -0.2) is 8.78 Å². The summed E-state index contributed by atoms with van der Waals surface area (Å²) in [6, 6.07) is 5.88. The van der Waals surface area contributed by atoms with Crippen molar-refractivity contribution in [3.8, 4) is 0 Å². The van der Waals surface area contributed by atoms with Gasteiger partial charge in [0.05, 0.1) is 17.6 Å². The van der Waals surface area contributed by atoms with Crippen molar-refractivity contribution in [3.05, 3.63) is 28.5 Å². The number of nitrogens with one attached hydrogen (secondary N) is 1. The highest BCUT2D eigenvalue weighted by atomic mass is 32.1. The number of para-hydroxylation sites is 1. The number of alkyl halides is 2. The van der Waals surface area contributed by atoms with Gasteiger partial charge in [-0.1, -0.05) is 12.1 Å². The van der Waals surface area contributed by atoms with Crippen molar-refractivity contribution in [1.82, 2.24) is 9.55 Å². The molecule has 0 saturated heterocycles. The van der Waals surface area contributed by atoms with Crippen LogP contribution in [0, 0.1) is 11.7 Å². The first-order chi connectivity index (χ1) is 8.59. The van der Waals surface area contributed by atoms with Crippen molar-refractivity contribution in [3.63, 3.8) is 0 Å². The van der Waals surface area contributed by atoms with Crippen LogP contribution < -0.4 is 0 Å². The predicted octanol–water partition coefficient (Wildman–Crippen LogP) is 3.29. The lowest BCUT2D eigenvalue weighted by molar-refractivity contribution is 0.0149. The third kappa shape index (κ3) is 2.76. The van der Waals surface area contributed by atoms with Crippen LogP contribution >= 0.6 is 12.2 Å². The van der Waals surface area contributed by atoms with E-state index in [0.717, 1.165) is 16.6 Å². The van der Waals surface area contributed by atoms with E-state index in [1.807, 2.05) is 29.7 Å². The lowest BCUT2D eigenvalue weighted by atomic mass is 10.2. The van der Waals surface area contributed by atoms with E-state index < -0.39 is 13.0 Å². The maximum absolute atomic E-state index is 11.9. The maximum atomic E-state index is 11.9. The van der Waals surface area contributed by atoms with Crippen LogP contribution in [0.2, 0.25) is 0 Å². The topological polar surface area (TPSA) is 29.9 Å². The molecule has 0 fully saturated rings. The highest BCUT2D eigenvalue weighted by Crippen LogP contribution is 2.17. The van der Waals surface area contributed by atoms with Crippen molar-refractivity contribution >= 4 is 23.3 Å². The Morgan fingerprint density at radius 3 is 2.94 bits per heavy atom. The number of rotatable bonds is 5. The van der Waals surface area contributed by atoms with Gasteiger partial charge in [-0.15, -0.1) is 0 Å². The highest BCUT2D eigenvalue weighted by Gasteiger charge is 2.06. The molecule has 0 radical (unpaired) electrons. The van der Waals surface area contributed by atoms with E-state index in [1.165, 1.54) is 0 Å². The minimum atomic E-state index is -2.43. The summed E-state index contributed by atoms with van der Waals surface area (Å²) >= 11 is 5.22. The number of aryl methyl sites for hydroxylation is 1. The molecule has 2 rings (SSSR count). The number of halogens is 2. The molecule has 6 heteroatoms. The van der Waals surface area contributed by atoms with E-state index in [9.17, 15) is 8.78 Å². The first-order valence-electron chi connectivity index (χ1n) is 5.63. The number of hydrogen-bond donors (Lipinski definition) is 1. The molecule has 0 unspecified atom stereocenters. The monoisotopic (exact) mass is 272 g/mol. The second kappa shape index (κ2) is 5.58. The summed E-state index contributed by atoms with van der Waals surface area (Å²) in [5, 5.41) is 0. The van der Waals surface area contributed by atoms with Gasteiger partial charge in [-0.05, 0) is 30.8 Å². The number of nitrogens with zero attached hydrogens (tertiary/aromatic N) is 1. The van der Waals surface area contributed by atoms with Gasteiger partial charge in [-0.3, -0.25) is 0 Å². The predicted molar refractivity (Wildman–Crippen MR) is 68.7 cm³/mol. The van der Waals surface area contributed by atoms with Crippen LogP contribution in [0.5, 0.6) is 0 Å². The van der Waals surface area contributed by atoms with Crippen LogP contribution in [0.15, 0.2) is 18.2 Å². The molecule has 0 aliphatic carbocycles. The van der Waals surface area contributed by atoms with Crippen molar-refractivity contribution in [2.75, 3.05) is 13.2 Å². The van der Waals surface area contributed by atoms with Crippen LogP contribution in [-0.2, 0) is 11.3 Å². The van der Waals surface area contributed by atoms with Gasteiger partial charge in [0.25, 0.3) is 6.43 Å². The largest absolute Gasteiger partial charge is 0.374 e.